The molecule has 0 aliphatic heterocycles. The Morgan fingerprint density at radius 2 is 1.91 bits per heavy atom. The third kappa shape index (κ3) is 4.22. The van der Waals surface area contributed by atoms with E-state index in [1.165, 1.54) is 7.11 Å². The molecule has 5 nitrogen and oxygen atoms in total. The first kappa shape index (κ1) is 15.8. The first-order valence-corrected chi connectivity index (χ1v) is 7.17. The molecule has 1 atom stereocenters. The summed E-state index contributed by atoms with van der Waals surface area (Å²) in [6, 6.07) is 13.3. The van der Waals surface area contributed by atoms with Crippen LogP contribution in [0.25, 0.3) is 0 Å². The fourth-order valence-electron chi connectivity index (χ4n) is 2.22. The van der Waals surface area contributed by atoms with Gasteiger partial charge in [0.2, 0.25) is 0 Å². The Bertz CT molecular complexity index is 634. The second-order valence-electron chi connectivity index (χ2n) is 5.16. The second-order valence-corrected chi connectivity index (χ2v) is 5.16. The maximum absolute atomic E-state index is 12.3. The number of amides is 1. The Hall–Kier alpha value is -2.56. The Labute approximate surface area is 129 Å². The quantitative estimate of drug-likeness (QED) is 0.832. The zero-order chi connectivity index (χ0) is 15.9. The number of nitrogens with one attached hydrogen (secondary N) is 1. The van der Waals surface area contributed by atoms with E-state index < -0.39 is 0 Å². The van der Waals surface area contributed by atoms with Crippen molar-refractivity contribution in [2.75, 3.05) is 7.11 Å². The number of ether oxygens (including phenoxy) is 1. The van der Waals surface area contributed by atoms with Gasteiger partial charge in [-0.1, -0.05) is 30.3 Å². The lowest BCUT2D eigenvalue weighted by Crippen LogP contribution is -2.35. The summed E-state index contributed by atoms with van der Waals surface area (Å²) in [4.78, 5) is 23.5. The van der Waals surface area contributed by atoms with E-state index in [2.05, 4.69) is 10.1 Å². The number of aromatic nitrogens is 1. The van der Waals surface area contributed by atoms with Crippen molar-refractivity contribution in [3.63, 3.8) is 0 Å². The lowest BCUT2D eigenvalue weighted by Gasteiger charge is -2.14. The first-order valence-electron chi connectivity index (χ1n) is 7.17. The van der Waals surface area contributed by atoms with Crippen LogP contribution in [0.15, 0.2) is 48.7 Å². The normalized spacial score (nSPS) is 11.7. The van der Waals surface area contributed by atoms with E-state index in [1.54, 1.807) is 13.0 Å². The summed E-state index contributed by atoms with van der Waals surface area (Å²) in [6.07, 6.45) is 2.02. The molecule has 1 N–H and O–H groups in total. The van der Waals surface area contributed by atoms with Gasteiger partial charge in [-0.25, -0.2) is 0 Å². The molecule has 1 aromatic carbocycles. The number of nitrogens with zero attached hydrogens (tertiary/aromatic N) is 1. The molecule has 0 radical (unpaired) electrons. The Morgan fingerprint density at radius 3 is 2.59 bits per heavy atom. The third-order valence-corrected chi connectivity index (χ3v) is 3.34. The molecule has 1 aromatic heterocycles. The van der Waals surface area contributed by atoms with Crippen molar-refractivity contribution in [3.8, 4) is 0 Å². The van der Waals surface area contributed by atoms with E-state index in [9.17, 15) is 9.59 Å². The number of hydrogen-bond acceptors (Lipinski definition) is 3. The van der Waals surface area contributed by atoms with Crippen molar-refractivity contribution in [1.82, 2.24) is 9.88 Å². The van der Waals surface area contributed by atoms with Crippen LogP contribution in [0, 0.1) is 0 Å². The smallest absolute Gasteiger partial charge is 0.307 e. The fourth-order valence-corrected chi connectivity index (χ4v) is 2.22. The summed E-state index contributed by atoms with van der Waals surface area (Å²) in [5, 5.41) is 2.81. The minimum atomic E-state index is -0.340. The van der Waals surface area contributed by atoms with Crippen LogP contribution in [0.3, 0.4) is 0 Å². The highest BCUT2D eigenvalue weighted by Crippen LogP contribution is 2.08. The molecule has 0 saturated heterocycles. The summed E-state index contributed by atoms with van der Waals surface area (Å²) >= 11 is 0. The second kappa shape index (κ2) is 7.45. The van der Waals surface area contributed by atoms with Gasteiger partial charge in [-0.3, -0.25) is 9.59 Å². The highest BCUT2D eigenvalue weighted by atomic mass is 16.5. The number of carbonyl (C=O) groups excluding carboxylic acids is 2. The number of methoxy groups -OCH3 is 1. The van der Waals surface area contributed by atoms with Gasteiger partial charge in [-0.15, -0.1) is 0 Å². The molecule has 0 aliphatic carbocycles. The molecular weight excluding hydrogens is 280 g/mol. The standard InChI is InChI=1S/C17H20N2O3/c1-13(11-16(20)22-2)18-17(21)15-9-6-10-19(15)12-14-7-4-3-5-8-14/h3-10,13H,11-12H2,1-2H3,(H,18,21)/t13-/m0/s1. The minimum Gasteiger partial charge on any atom is -0.469 e. The lowest BCUT2D eigenvalue weighted by molar-refractivity contribution is -0.141. The molecule has 0 saturated carbocycles. The van der Waals surface area contributed by atoms with Crippen LogP contribution >= 0.6 is 0 Å². The molecule has 1 heterocycles. The fraction of sp³-hybridized carbons (Fsp3) is 0.294. The van der Waals surface area contributed by atoms with Crippen molar-refractivity contribution < 1.29 is 14.3 Å². The third-order valence-electron chi connectivity index (χ3n) is 3.34. The number of hydrogen-bond donors (Lipinski definition) is 1. The van der Waals surface area contributed by atoms with Gasteiger partial charge in [0.05, 0.1) is 13.5 Å². The van der Waals surface area contributed by atoms with Gasteiger partial charge < -0.3 is 14.6 Å². The zero-order valence-electron chi connectivity index (χ0n) is 12.8. The average Bonchev–Trinajstić information content (AvgIpc) is 2.96. The van der Waals surface area contributed by atoms with E-state index in [4.69, 9.17) is 0 Å². The number of benzene rings is 1. The molecule has 2 aromatic rings. The van der Waals surface area contributed by atoms with Gasteiger partial charge in [0.15, 0.2) is 0 Å². The van der Waals surface area contributed by atoms with Crippen LogP contribution in [0.2, 0.25) is 0 Å². The van der Waals surface area contributed by atoms with E-state index in [0.29, 0.717) is 12.2 Å². The summed E-state index contributed by atoms with van der Waals surface area (Å²) in [5.74, 6) is -0.537. The van der Waals surface area contributed by atoms with Crippen molar-refractivity contribution in [2.24, 2.45) is 0 Å². The van der Waals surface area contributed by atoms with Gasteiger partial charge >= 0.3 is 5.97 Å². The summed E-state index contributed by atoms with van der Waals surface area (Å²) < 4.78 is 6.48. The van der Waals surface area contributed by atoms with Gasteiger partial charge in [0.1, 0.15) is 5.69 Å². The molecule has 116 valence electrons. The largest absolute Gasteiger partial charge is 0.469 e. The van der Waals surface area contributed by atoms with E-state index in [1.807, 2.05) is 47.2 Å². The van der Waals surface area contributed by atoms with Crippen molar-refractivity contribution in [2.45, 2.75) is 25.9 Å². The maximum Gasteiger partial charge on any atom is 0.307 e. The van der Waals surface area contributed by atoms with Crippen LogP contribution in [0.5, 0.6) is 0 Å². The Morgan fingerprint density at radius 1 is 1.18 bits per heavy atom. The summed E-state index contributed by atoms with van der Waals surface area (Å²) in [6.45, 7) is 2.40. The molecule has 1 amide bonds. The molecule has 0 fully saturated rings. The molecule has 5 heteroatoms. The van der Waals surface area contributed by atoms with Crippen molar-refractivity contribution in [3.05, 3.63) is 59.9 Å². The lowest BCUT2D eigenvalue weighted by atomic mass is 10.2. The maximum atomic E-state index is 12.3. The van der Waals surface area contributed by atoms with Gasteiger partial charge in [-0.2, -0.15) is 0 Å². The number of carbonyl (C=O) groups is 2. The molecule has 0 unspecified atom stereocenters. The topological polar surface area (TPSA) is 60.3 Å². The van der Waals surface area contributed by atoms with Gasteiger partial charge in [0, 0.05) is 18.8 Å². The highest BCUT2D eigenvalue weighted by Gasteiger charge is 2.16. The van der Waals surface area contributed by atoms with Crippen LogP contribution in [0.4, 0.5) is 0 Å². The van der Waals surface area contributed by atoms with Crippen LogP contribution in [-0.2, 0) is 16.1 Å². The van der Waals surface area contributed by atoms with E-state index >= 15 is 0 Å². The number of rotatable bonds is 6. The van der Waals surface area contributed by atoms with Crippen LogP contribution in [-0.4, -0.2) is 29.6 Å². The summed E-state index contributed by atoms with van der Waals surface area (Å²) in [5.41, 5.74) is 1.69. The molecule has 0 spiro atoms. The molecular formula is C17H20N2O3. The average molecular weight is 300 g/mol. The van der Waals surface area contributed by atoms with E-state index in [0.717, 1.165) is 5.56 Å². The Balaban J connectivity index is 2.02. The monoisotopic (exact) mass is 300 g/mol. The van der Waals surface area contributed by atoms with Gasteiger partial charge in [-0.05, 0) is 24.6 Å². The van der Waals surface area contributed by atoms with Gasteiger partial charge in [0.25, 0.3) is 5.91 Å². The molecule has 0 aliphatic rings. The van der Waals surface area contributed by atoms with Crippen molar-refractivity contribution in [1.29, 1.82) is 0 Å². The Kier molecular flexibility index (Phi) is 5.36. The minimum absolute atomic E-state index is 0.154. The van der Waals surface area contributed by atoms with Crippen LogP contribution in [0.1, 0.15) is 29.4 Å². The number of esters is 1. The first-order chi connectivity index (χ1) is 10.6. The highest BCUT2D eigenvalue weighted by molar-refractivity contribution is 5.93. The van der Waals surface area contributed by atoms with E-state index in [-0.39, 0.29) is 24.3 Å². The SMILES string of the molecule is COC(=O)C[C@H](C)NC(=O)c1cccn1Cc1ccccc1. The predicted octanol–water partition coefficient (Wildman–Crippen LogP) is 2.22. The summed E-state index contributed by atoms with van der Waals surface area (Å²) in [7, 11) is 1.34. The molecule has 22 heavy (non-hydrogen) atoms. The molecule has 2 rings (SSSR count). The van der Waals surface area contributed by atoms with Crippen molar-refractivity contribution >= 4 is 11.9 Å². The van der Waals surface area contributed by atoms with Crippen LogP contribution < -0.4 is 5.32 Å². The zero-order valence-corrected chi connectivity index (χ0v) is 12.8. The molecule has 0 bridgehead atoms. The predicted molar refractivity (Wildman–Crippen MR) is 83.5 cm³/mol.